The van der Waals surface area contributed by atoms with Crippen molar-refractivity contribution in [3.63, 3.8) is 0 Å². The molecule has 3 heteroatoms. The van der Waals surface area contributed by atoms with Gasteiger partial charge in [-0.2, -0.15) is 0 Å². The average molecular weight is 514 g/mol. The minimum absolute atomic E-state index is 0.195. The van der Waals surface area contributed by atoms with E-state index < -0.39 is 0 Å². The van der Waals surface area contributed by atoms with Crippen LogP contribution >= 0.6 is 0 Å². The predicted octanol–water partition coefficient (Wildman–Crippen LogP) is 8.79. The largest absolute Gasteiger partial charge is 0.272 e. The van der Waals surface area contributed by atoms with Gasteiger partial charge in [0, 0.05) is 6.04 Å². The van der Waals surface area contributed by atoms with Gasteiger partial charge in [0.05, 0.1) is 10.8 Å². The molecular weight excluding hydrogens is 490 g/mol. The maximum Gasteiger partial charge on any atom is 0.262 e. The molecule has 0 amide bonds. The van der Waals surface area contributed by atoms with Crippen LogP contribution in [-0.4, -0.2) is 4.57 Å². The molecule has 0 aliphatic carbocycles. The van der Waals surface area contributed by atoms with Gasteiger partial charge >= 0.3 is 0 Å². The molecule has 0 N–H and O–H groups in total. The van der Waals surface area contributed by atoms with E-state index in [2.05, 4.69) is 60.7 Å². The van der Waals surface area contributed by atoms with Crippen molar-refractivity contribution in [2.24, 2.45) is 0 Å². The van der Waals surface area contributed by atoms with E-state index in [-0.39, 0.29) is 17.2 Å². The first-order valence-corrected chi connectivity index (χ1v) is 13.8. The summed E-state index contributed by atoms with van der Waals surface area (Å²) in [5.74, 6) is 0. The lowest BCUT2D eigenvalue weighted by molar-refractivity contribution is 0.574. The number of fused-ring (bicyclic) bond motifs is 3. The Hall–Kier alpha value is -5.02. The van der Waals surface area contributed by atoms with Crippen LogP contribution in [0.3, 0.4) is 0 Å². The Morgan fingerprint density at radius 2 is 0.900 bits per heavy atom. The Kier molecular flexibility index (Phi) is 4.01. The zero-order chi connectivity index (χ0) is 26.9. The topological polar surface area (TPSA) is 39.1 Å². The highest BCUT2D eigenvalue weighted by Gasteiger charge is 2.29. The zero-order valence-electron chi connectivity index (χ0n) is 22.1. The minimum Gasteiger partial charge on any atom is -0.272 e. The summed E-state index contributed by atoms with van der Waals surface area (Å²) in [6, 6.07) is 33.7. The van der Waals surface area contributed by atoms with Crippen molar-refractivity contribution < 1.29 is 0 Å². The summed E-state index contributed by atoms with van der Waals surface area (Å²) in [5, 5.41) is 12.2. The second-order valence-corrected chi connectivity index (χ2v) is 11.3. The molecule has 0 radical (unpaired) electrons. The van der Waals surface area contributed by atoms with Gasteiger partial charge in [0.25, 0.3) is 11.1 Å². The number of hydrogen-bond acceptors (Lipinski definition) is 2. The molecule has 40 heavy (non-hydrogen) atoms. The molecule has 0 bridgehead atoms. The Labute approximate surface area is 228 Å². The Morgan fingerprint density at radius 3 is 1.32 bits per heavy atom. The van der Waals surface area contributed by atoms with Crippen LogP contribution in [0.2, 0.25) is 0 Å². The number of aromatic nitrogens is 1. The van der Waals surface area contributed by atoms with Crippen LogP contribution in [0.4, 0.5) is 0 Å². The summed E-state index contributed by atoms with van der Waals surface area (Å²) in [6.07, 6.45) is 0. The quantitative estimate of drug-likeness (QED) is 0.222. The van der Waals surface area contributed by atoms with Gasteiger partial charge in [-0.15, -0.1) is 0 Å². The van der Waals surface area contributed by atoms with E-state index in [1.807, 2.05) is 50.2 Å². The molecule has 0 saturated heterocycles. The van der Waals surface area contributed by atoms with Gasteiger partial charge < -0.3 is 0 Å². The number of benzene rings is 7. The molecule has 1 aromatic heterocycles. The Morgan fingerprint density at radius 1 is 0.475 bits per heavy atom. The molecule has 0 aliphatic rings. The fourth-order valence-electron chi connectivity index (χ4n) is 7.39. The van der Waals surface area contributed by atoms with Crippen molar-refractivity contribution in [3.8, 4) is 22.3 Å². The lowest BCUT2D eigenvalue weighted by Crippen LogP contribution is -2.27. The predicted molar refractivity (Wildman–Crippen MR) is 168 cm³/mol. The zero-order valence-corrected chi connectivity index (χ0v) is 22.1. The van der Waals surface area contributed by atoms with Gasteiger partial charge in [0.2, 0.25) is 0 Å². The van der Waals surface area contributed by atoms with Crippen LogP contribution in [0, 0.1) is 0 Å². The smallest absolute Gasteiger partial charge is 0.262 e. The summed E-state index contributed by atoms with van der Waals surface area (Å²) in [6.45, 7) is 3.82. The van der Waals surface area contributed by atoms with Crippen LogP contribution in [-0.2, 0) is 0 Å². The lowest BCUT2D eigenvalue weighted by atomic mass is 9.89. The molecule has 0 saturated carbocycles. The molecule has 0 aliphatic heterocycles. The van der Waals surface area contributed by atoms with Crippen LogP contribution in [0.1, 0.15) is 19.9 Å². The van der Waals surface area contributed by atoms with E-state index in [0.717, 1.165) is 43.8 Å². The standard InChI is InChI=1S/C37H23NO2/c1-19(2)38-36(39)34-27-17-25(20-9-5-3-6-10-20)23-15-13-22-14-16-24-26(21-11-7-4-8-12-21)18-28(35(34)37(38)40)33-31(24)29(22)30(23)32(27)33/h3-19H,1-2H3. The van der Waals surface area contributed by atoms with E-state index in [9.17, 15) is 9.59 Å². The van der Waals surface area contributed by atoms with Crippen LogP contribution < -0.4 is 11.1 Å². The van der Waals surface area contributed by atoms with Crippen molar-refractivity contribution in [2.45, 2.75) is 19.9 Å². The third-order valence-corrected chi connectivity index (χ3v) is 8.97. The molecule has 0 atom stereocenters. The molecule has 0 unspecified atom stereocenters. The summed E-state index contributed by atoms with van der Waals surface area (Å²) >= 11 is 0. The molecular formula is C37H23NO2. The highest BCUT2D eigenvalue weighted by molar-refractivity contribution is 6.49. The van der Waals surface area contributed by atoms with E-state index in [4.69, 9.17) is 0 Å². The van der Waals surface area contributed by atoms with Gasteiger partial charge in [-0.3, -0.25) is 14.2 Å². The maximum atomic E-state index is 14.1. The van der Waals surface area contributed by atoms with Gasteiger partial charge in [-0.25, -0.2) is 0 Å². The van der Waals surface area contributed by atoms with E-state index >= 15 is 0 Å². The molecule has 8 aromatic carbocycles. The van der Waals surface area contributed by atoms with Gasteiger partial charge in [0.15, 0.2) is 0 Å². The fourth-order valence-corrected chi connectivity index (χ4v) is 7.39. The lowest BCUT2D eigenvalue weighted by Gasteiger charge is -2.12. The second kappa shape index (κ2) is 7.34. The van der Waals surface area contributed by atoms with Crippen molar-refractivity contribution >= 4 is 64.6 Å². The molecule has 9 aromatic rings. The monoisotopic (exact) mass is 513 g/mol. The van der Waals surface area contributed by atoms with Gasteiger partial charge in [-0.05, 0) is 102 Å². The second-order valence-electron chi connectivity index (χ2n) is 11.3. The SMILES string of the molecule is CC(C)n1c(=O)c2c3cc(-c4ccccc4)c4ccc5ccc6c(-c7ccccc7)cc(c2c1=O)c1c6c5c4c31. The summed E-state index contributed by atoms with van der Waals surface area (Å²) < 4.78 is 1.44. The van der Waals surface area contributed by atoms with E-state index in [0.29, 0.717) is 10.8 Å². The summed E-state index contributed by atoms with van der Waals surface area (Å²) in [4.78, 5) is 28.2. The first kappa shape index (κ1) is 21.9. The highest BCUT2D eigenvalue weighted by Crippen LogP contribution is 2.53. The Bertz CT molecular complexity index is 2360. The molecule has 3 nitrogen and oxygen atoms in total. The molecule has 0 fully saturated rings. The number of hydrogen-bond donors (Lipinski definition) is 0. The molecule has 0 spiro atoms. The summed E-state index contributed by atoms with van der Waals surface area (Å²) in [7, 11) is 0. The average Bonchev–Trinajstić information content (AvgIpc) is 3.48. The van der Waals surface area contributed by atoms with E-state index in [1.54, 1.807) is 0 Å². The van der Waals surface area contributed by atoms with Crippen LogP contribution in [0.25, 0.3) is 86.9 Å². The van der Waals surface area contributed by atoms with Crippen molar-refractivity contribution in [2.75, 3.05) is 0 Å². The van der Waals surface area contributed by atoms with Crippen molar-refractivity contribution in [1.29, 1.82) is 0 Å². The molecule has 1 heterocycles. The maximum absolute atomic E-state index is 14.1. The highest BCUT2D eigenvalue weighted by atomic mass is 16.2. The molecule has 188 valence electrons. The van der Waals surface area contributed by atoms with Crippen LogP contribution in [0.15, 0.2) is 107 Å². The van der Waals surface area contributed by atoms with Gasteiger partial charge in [-0.1, -0.05) is 84.9 Å². The third-order valence-electron chi connectivity index (χ3n) is 8.97. The Balaban J connectivity index is 1.67. The first-order valence-electron chi connectivity index (χ1n) is 13.8. The first-order chi connectivity index (χ1) is 19.5. The van der Waals surface area contributed by atoms with Crippen molar-refractivity contribution in [3.05, 3.63) is 118 Å². The number of rotatable bonds is 3. The molecule has 9 rings (SSSR count). The van der Waals surface area contributed by atoms with Crippen molar-refractivity contribution in [1.82, 2.24) is 4.57 Å². The number of nitrogens with zero attached hydrogens (tertiary/aromatic N) is 1. The fraction of sp³-hybridized carbons (Fsp3) is 0.0811. The van der Waals surface area contributed by atoms with Crippen LogP contribution in [0.5, 0.6) is 0 Å². The minimum atomic E-state index is -0.231. The normalized spacial score (nSPS) is 12.7. The summed E-state index contributed by atoms with van der Waals surface area (Å²) in [5.41, 5.74) is 3.98. The third kappa shape index (κ3) is 2.46. The van der Waals surface area contributed by atoms with E-state index in [1.165, 1.54) is 36.9 Å². The van der Waals surface area contributed by atoms with Gasteiger partial charge in [0.1, 0.15) is 0 Å².